The van der Waals surface area contributed by atoms with Crippen molar-refractivity contribution in [2.45, 2.75) is 45.3 Å². The molecule has 1 fully saturated rings. The van der Waals surface area contributed by atoms with Crippen molar-refractivity contribution in [3.63, 3.8) is 0 Å². The minimum absolute atomic E-state index is 0.0549. The van der Waals surface area contributed by atoms with E-state index in [4.69, 9.17) is 16.0 Å². The Morgan fingerprint density at radius 1 is 1.36 bits per heavy atom. The molecule has 0 aromatic carbocycles. The van der Waals surface area contributed by atoms with Crippen LogP contribution in [0.5, 0.6) is 5.75 Å². The molecule has 1 aliphatic heterocycles. The van der Waals surface area contributed by atoms with E-state index in [1.165, 1.54) is 0 Å². The quantitative estimate of drug-likeness (QED) is 0.786. The van der Waals surface area contributed by atoms with E-state index in [-0.39, 0.29) is 12.2 Å². The summed E-state index contributed by atoms with van der Waals surface area (Å²) in [5.41, 5.74) is -0.471. The molecule has 22 heavy (non-hydrogen) atoms. The van der Waals surface area contributed by atoms with Gasteiger partial charge in [0.1, 0.15) is 11.7 Å². The fraction of sp³-hybridized carbons (Fsp3) is 0.562. The fourth-order valence-corrected chi connectivity index (χ4v) is 2.18. The Bertz CT molecular complexity index is 549. The second kappa shape index (κ2) is 6.65. The Balaban J connectivity index is 1.82. The van der Waals surface area contributed by atoms with Crippen LogP contribution in [0.1, 0.15) is 33.6 Å². The largest absolute Gasteiger partial charge is 0.486 e. The summed E-state index contributed by atoms with van der Waals surface area (Å²) in [4.78, 5) is 20.9. The highest BCUT2D eigenvalue weighted by Crippen LogP contribution is 2.21. The normalized spacial score (nSPS) is 16.0. The second-order valence-electron chi connectivity index (χ2n) is 6.25. The van der Waals surface area contributed by atoms with Gasteiger partial charge in [-0.1, -0.05) is 6.57 Å². The van der Waals surface area contributed by atoms with E-state index in [2.05, 4.69) is 9.83 Å². The number of aromatic nitrogens is 1. The van der Waals surface area contributed by atoms with Crippen LogP contribution in [0.4, 0.5) is 10.6 Å². The summed E-state index contributed by atoms with van der Waals surface area (Å²) in [6.45, 7) is 13.7. The van der Waals surface area contributed by atoms with Crippen LogP contribution < -0.4 is 4.74 Å². The van der Waals surface area contributed by atoms with Gasteiger partial charge in [-0.2, -0.15) is 0 Å². The van der Waals surface area contributed by atoms with Gasteiger partial charge in [0.2, 0.25) is 0 Å². The lowest BCUT2D eigenvalue weighted by molar-refractivity contribution is 0.0126. The number of piperidine rings is 1. The molecule has 0 radical (unpaired) electrons. The van der Waals surface area contributed by atoms with Crippen LogP contribution in [0.15, 0.2) is 18.3 Å². The van der Waals surface area contributed by atoms with E-state index in [0.29, 0.717) is 24.7 Å². The average Bonchev–Trinajstić information content (AvgIpc) is 2.47. The molecular weight excluding hydrogens is 282 g/mol. The van der Waals surface area contributed by atoms with Gasteiger partial charge in [0.15, 0.2) is 11.9 Å². The maximum Gasteiger partial charge on any atom is 0.410 e. The monoisotopic (exact) mass is 303 g/mol. The summed E-state index contributed by atoms with van der Waals surface area (Å²) in [6.07, 6.45) is 2.86. The molecule has 0 saturated carbocycles. The minimum atomic E-state index is -0.471. The molecule has 0 N–H and O–H groups in total. The smallest absolute Gasteiger partial charge is 0.410 e. The summed E-state index contributed by atoms with van der Waals surface area (Å²) in [5.74, 6) is 1.01. The van der Waals surface area contributed by atoms with Gasteiger partial charge in [0.05, 0.1) is 0 Å². The number of rotatable bonds is 2. The third-order valence-electron chi connectivity index (χ3n) is 3.23. The second-order valence-corrected chi connectivity index (χ2v) is 6.25. The number of carbonyl (C=O) groups excluding carboxylic acids is 1. The van der Waals surface area contributed by atoms with Crippen LogP contribution >= 0.6 is 0 Å². The zero-order valence-electron chi connectivity index (χ0n) is 13.2. The highest BCUT2D eigenvalue weighted by Gasteiger charge is 2.27. The van der Waals surface area contributed by atoms with E-state index in [0.717, 1.165) is 12.8 Å². The SMILES string of the molecule is [C-]#[N+]c1ccc(OC2CCN(C(=O)OC(C)(C)C)CC2)cn1. The van der Waals surface area contributed by atoms with E-state index in [1.54, 1.807) is 23.2 Å². The molecule has 2 heterocycles. The molecule has 1 aliphatic rings. The highest BCUT2D eigenvalue weighted by atomic mass is 16.6. The maximum atomic E-state index is 12.0. The Hall–Kier alpha value is -2.29. The standard InChI is InChI=1S/C16H21N3O3/c1-16(2,3)22-15(20)19-9-7-12(8-10-19)21-13-5-6-14(17-4)18-11-13/h5-6,11-12H,7-10H2,1-3H3. The van der Waals surface area contributed by atoms with Crippen molar-refractivity contribution in [2.75, 3.05) is 13.1 Å². The van der Waals surface area contributed by atoms with Crippen molar-refractivity contribution in [1.82, 2.24) is 9.88 Å². The van der Waals surface area contributed by atoms with Gasteiger partial charge in [-0.3, -0.25) is 0 Å². The van der Waals surface area contributed by atoms with Crippen LogP contribution in [0.25, 0.3) is 4.85 Å². The molecule has 0 atom stereocenters. The molecule has 0 spiro atoms. The molecule has 1 saturated heterocycles. The Labute approximate surface area is 130 Å². The number of nitrogens with zero attached hydrogens (tertiary/aromatic N) is 3. The van der Waals surface area contributed by atoms with Crippen LogP contribution in [0, 0.1) is 6.57 Å². The summed E-state index contributed by atoms with van der Waals surface area (Å²) in [6, 6.07) is 3.39. The van der Waals surface area contributed by atoms with Crippen molar-refractivity contribution in [3.8, 4) is 5.75 Å². The molecule has 6 nitrogen and oxygen atoms in total. The van der Waals surface area contributed by atoms with E-state index >= 15 is 0 Å². The molecule has 2 rings (SSSR count). The van der Waals surface area contributed by atoms with E-state index in [9.17, 15) is 4.79 Å². The fourth-order valence-electron chi connectivity index (χ4n) is 2.18. The lowest BCUT2D eigenvalue weighted by atomic mass is 10.1. The van der Waals surface area contributed by atoms with Crippen LogP contribution in [-0.4, -0.2) is 40.8 Å². The minimum Gasteiger partial charge on any atom is -0.486 e. The third kappa shape index (κ3) is 4.62. The zero-order valence-corrected chi connectivity index (χ0v) is 13.2. The van der Waals surface area contributed by atoms with Gasteiger partial charge in [-0.05, 0) is 32.9 Å². The van der Waals surface area contributed by atoms with Crippen LogP contribution in [0.3, 0.4) is 0 Å². The number of hydrogen-bond donors (Lipinski definition) is 0. The van der Waals surface area contributed by atoms with Gasteiger partial charge >= 0.3 is 6.09 Å². The number of likely N-dealkylation sites (tertiary alicyclic amines) is 1. The van der Waals surface area contributed by atoms with E-state index in [1.807, 2.05) is 20.8 Å². The predicted molar refractivity (Wildman–Crippen MR) is 82.0 cm³/mol. The molecule has 1 amide bonds. The Morgan fingerprint density at radius 2 is 2.05 bits per heavy atom. The van der Waals surface area contributed by atoms with Gasteiger partial charge in [0.25, 0.3) is 5.82 Å². The summed E-state index contributed by atoms with van der Waals surface area (Å²) < 4.78 is 11.2. The first kappa shape index (κ1) is 16.1. The van der Waals surface area contributed by atoms with Crippen molar-refractivity contribution < 1.29 is 14.3 Å². The zero-order chi connectivity index (χ0) is 16.2. The van der Waals surface area contributed by atoms with Crippen LogP contribution in [-0.2, 0) is 4.74 Å². The van der Waals surface area contributed by atoms with Gasteiger partial charge < -0.3 is 19.2 Å². The predicted octanol–water partition coefficient (Wildman–Crippen LogP) is 3.41. The molecule has 0 aliphatic carbocycles. The maximum absolute atomic E-state index is 12.0. The first-order valence-electron chi connectivity index (χ1n) is 7.35. The van der Waals surface area contributed by atoms with Crippen LogP contribution in [0.2, 0.25) is 0 Å². The lowest BCUT2D eigenvalue weighted by Gasteiger charge is -2.33. The molecule has 0 unspecified atom stereocenters. The first-order chi connectivity index (χ1) is 10.4. The van der Waals surface area contributed by atoms with Crippen molar-refractivity contribution in [3.05, 3.63) is 29.7 Å². The average molecular weight is 303 g/mol. The van der Waals surface area contributed by atoms with Gasteiger partial charge in [0, 0.05) is 25.9 Å². The number of amides is 1. The lowest BCUT2D eigenvalue weighted by Crippen LogP contribution is -2.44. The number of ether oxygens (including phenoxy) is 2. The Morgan fingerprint density at radius 3 is 2.55 bits per heavy atom. The first-order valence-corrected chi connectivity index (χ1v) is 7.35. The summed E-state index contributed by atoms with van der Waals surface area (Å²) in [5, 5.41) is 0. The van der Waals surface area contributed by atoms with Crippen molar-refractivity contribution in [1.29, 1.82) is 0 Å². The molecule has 1 aromatic heterocycles. The molecule has 118 valence electrons. The number of hydrogen-bond acceptors (Lipinski definition) is 4. The number of carbonyl (C=O) groups is 1. The van der Waals surface area contributed by atoms with Gasteiger partial charge in [-0.25, -0.2) is 4.79 Å². The van der Waals surface area contributed by atoms with E-state index < -0.39 is 5.60 Å². The topological polar surface area (TPSA) is 56.0 Å². The van der Waals surface area contributed by atoms with Crippen molar-refractivity contribution in [2.24, 2.45) is 0 Å². The molecule has 6 heteroatoms. The Kier molecular flexibility index (Phi) is 4.86. The number of pyridine rings is 1. The molecule has 1 aromatic rings. The molecular formula is C16H21N3O3. The van der Waals surface area contributed by atoms with Gasteiger partial charge in [-0.15, -0.1) is 4.98 Å². The highest BCUT2D eigenvalue weighted by molar-refractivity contribution is 5.68. The summed E-state index contributed by atoms with van der Waals surface area (Å²) in [7, 11) is 0. The summed E-state index contributed by atoms with van der Waals surface area (Å²) >= 11 is 0. The third-order valence-corrected chi connectivity index (χ3v) is 3.23. The van der Waals surface area contributed by atoms with Crippen molar-refractivity contribution >= 4 is 11.9 Å². The molecule has 0 bridgehead atoms.